The largest absolute Gasteiger partial charge is 0.508 e. The molecule has 1 aliphatic rings. The number of carbonyl (C=O) groups excluding carboxylic acids is 2. The summed E-state index contributed by atoms with van der Waals surface area (Å²) >= 11 is 0. The molecule has 2 aromatic carbocycles. The lowest BCUT2D eigenvalue weighted by molar-refractivity contribution is -0.283. The number of phenolic OH excluding ortho intramolecular Hbond substituents is 2. The van der Waals surface area contributed by atoms with E-state index >= 15 is 0 Å². The van der Waals surface area contributed by atoms with E-state index in [1.165, 1.54) is 55.5 Å². The Kier molecular flexibility index (Phi) is 7.62. The standard InChI is InChI=1S/C24H24O9/c1-13-20(28)21(29)22(30)24(32-13)33-23(31)18(12-15-4-9-17(26)10-5-15)19(27)11-6-14-2-7-16(25)8-3-14/h2-13,20-22,24-26,28-30H,1H3/t13-,20-,21+,22+,24?/m1/s1. The molecule has 1 fully saturated rings. The molecule has 9 nitrogen and oxygen atoms in total. The Balaban J connectivity index is 1.86. The van der Waals surface area contributed by atoms with Crippen LogP contribution in [0.4, 0.5) is 0 Å². The first kappa shape index (κ1) is 24.1. The van der Waals surface area contributed by atoms with E-state index in [4.69, 9.17) is 9.47 Å². The van der Waals surface area contributed by atoms with Gasteiger partial charge in [-0.15, -0.1) is 0 Å². The quantitative estimate of drug-likeness (QED) is 0.186. The van der Waals surface area contributed by atoms with Crippen LogP contribution in [0.2, 0.25) is 0 Å². The van der Waals surface area contributed by atoms with Crippen molar-refractivity contribution in [3.05, 3.63) is 71.3 Å². The number of aliphatic hydroxyl groups excluding tert-OH is 3. The van der Waals surface area contributed by atoms with Gasteiger partial charge in [0.1, 0.15) is 35.4 Å². The van der Waals surface area contributed by atoms with Crippen LogP contribution in [0.15, 0.2) is 60.2 Å². The van der Waals surface area contributed by atoms with Crippen molar-refractivity contribution in [2.24, 2.45) is 0 Å². The van der Waals surface area contributed by atoms with E-state index in [-0.39, 0.29) is 11.5 Å². The fourth-order valence-corrected chi connectivity index (χ4v) is 3.09. The van der Waals surface area contributed by atoms with E-state index in [2.05, 4.69) is 0 Å². The Hall–Kier alpha value is -3.50. The van der Waals surface area contributed by atoms with Crippen molar-refractivity contribution in [1.82, 2.24) is 0 Å². The van der Waals surface area contributed by atoms with Crippen LogP contribution < -0.4 is 0 Å². The topological polar surface area (TPSA) is 154 Å². The van der Waals surface area contributed by atoms with Crippen molar-refractivity contribution in [2.45, 2.75) is 37.6 Å². The molecule has 2 aromatic rings. The van der Waals surface area contributed by atoms with Crippen molar-refractivity contribution < 1.29 is 44.6 Å². The van der Waals surface area contributed by atoms with E-state index < -0.39 is 48.0 Å². The number of ketones is 1. The van der Waals surface area contributed by atoms with E-state index in [0.29, 0.717) is 11.1 Å². The highest BCUT2D eigenvalue weighted by Gasteiger charge is 2.44. The van der Waals surface area contributed by atoms with Gasteiger partial charge in [-0.25, -0.2) is 4.79 Å². The molecule has 0 aliphatic carbocycles. The van der Waals surface area contributed by atoms with Crippen molar-refractivity contribution in [3.8, 4) is 11.5 Å². The number of allylic oxidation sites excluding steroid dienone is 1. The SMILES string of the molecule is C[C@H]1OC(OC(=O)C(=Cc2ccc(O)cc2)C(=O)C=Cc2ccc(O)cc2)[C@@H](O)[C@@H](O)[C@@H]1O. The molecule has 5 N–H and O–H groups in total. The summed E-state index contributed by atoms with van der Waals surface area (Å²) in [5, 5.41) is 48.7. The third kappa shape index (κ3) is 6.05. The number of esters is 1. The number of aliphatic hydroxyl groups is 3. The highest BCUT2D eigenvalue weighted by atomic mass is 16.7. The van der Waals surface area contributed by atoms with Gasteiger partial charge in [0, 0.05) is 0 Å². The molecular formula is C24H24O9. The third-order valence-corrected chi connectivity index (χ3v) is 5.04. The Bertz CT molecular complexity index is 1040. The molecular weight excluding hydrogens is 432 g/mol. The molecule has 9 heteroatoms. The molecule has 1 aliphatic heterocycles. The highest BCUT2D eigenvalue weighted by Crippen LogP contribution is 2.23. The zero-order valence-corrected chi connectivity index (χ0v) is 17.6. The van der Waals surface area contributed by atoms with Gasteiger partial charge in [-0.2, -0.15) is 0 Å². The molecule has 0 spiro atoms. The first-order valence-electron chi connectivity index (χ1n) is 10.1. The second-order valence-corrected chi connectivity index (χ2v) is 7.53. The van der Waals surface area contributed by atoms with Crippen LogP contribution in [0.25, 0.3) is 12.2 Å². The molecule has 0 amide bonds. The van der Waals surface area contributed by atoms with Crippen molar-refractivity contribution in [1.29, 1.82) is 0 Å². The maximum atomic E-state index is 12.9. The van der Waals surface area contributed by atoms with Crippen LogP contribution >= 0.6 is 0 Å². The van der Waals surface area contributed by atoms with Crippen LogP contribution in [0, 0.1) is 0 Å². The van der Waals surface area contributed by atoms with E-state index in [0.717, 1.165) is 6.08 Å². The number of rotatable bonds is 6. The number of phenols is 2. The second-order valence-electron chi connectivity index (χ2n) is 7.53. The fourth-order valence-electron chi connectivity index (χ4n) is 3.09. The number of aromatic hydroxyl groups is 2. The lowest BCUT2D eigenvalue weighted by atomic mass is 10.00. The summed E-state index contributed by atoms with van der Waals surface area (Å²) in [5.41, 5.74) is 0.607. The average molecular weight is 456 g/mol. The average Bonchev–Trinajstić information content (AvgIpc) is 2.80. The summed E-state index contributed by atoms with van der Waals surface area (Å²) in [7, 11) is 0. The van der Waals surface area contributed by atoms with Gasteiger partial charge in [0.2, 0.25) is 6.29 Å². The number of benzene rings is 2. The monoisotopic (exact) mass is 456 g/mol. The predicted molar refractivity (Wildman–Crippen MR) is 117 cm³/mol. The summed E-state index contributed by atoms with van der Waals surface area (Å²) in [5.74, 6) is -1.79. The maximum Gasteiger partial charge on any atom is 0.344 e. The Morgan fingerprint density at radius 1 is 0.848 bits per heavy atom. The van der Waals surface area contributed by atoms with Gasteiger partial charge in [0.05, 0.1) is 6.10 Å². The smallest absolute Gasteiger partial charge is 0.344 e. The molecule has 0 aromatic heterocycles. The van der Waals surface area contributed by atoms with E-state index in [1.54, 1.807) is 12.1 Å². The Morgan fingerprint density at radius 2 is 1.39 bits per heavy atom. The van der Waals surface area contributed by atoms with Gasteiger partial charge < -0.3 is 35.0 Å². The van der Waals surface area contributed by atoms with Crippen LogP contribution in [0.1, 0.15) is 18.1 Å². The highest BCUT2D eigenvalue weighted by molar-refractivity contribution is 6.25. The minimum atomic E-state index is -1.72. The zero-order valence-electron chi connectivity index (χ0n) is 17.6. The number of carbonyl (C=O) groups is 2. The minimum Gasteiger partial charge on any atom is -0.508 e. The summed E-state index contributed by atoms with van der Waals surface area (Å²) < 4.78 is 10.4. The normalized spacial score (nSPS) is 25.7. The second kappa shape index (κ2) is 10.4. The number of ether oxygens (including phenoxy) is 2. The van der Waals surface area contributed by atoms with Gasteiger partial charge in [-0.1, -0.05) is 30.3 Å². The summed E-state index contributed by atoms with van der Waals surface area (Å²) in [4.78, 5) is 25.7. The summed E-state index contributed by atoms with van der Waals surface area (Å²) in [6.07, 6.45) is -3.43. The van der Waals surface area contributed by atoms with Gasteiger partial charge in [-0.3, -0.25) is 4.79 Å². The molecule has 5 atom stereocenters. The van der Waals surface area contributed by atoms with Crippen LogP contribution in [-0.4, -0.2) is 68.0 Å². The first-order valence-corrected chi connectivity index (χ1v) is 10.1. The molecule has 1 saturated heterocycles. The van der Waals surface area contributed by atoms with E-state index in [9.17, 15) is 35.1 Å². The lowest BCUT2D eigenvalue weighted by Gasteiger charge is -2.38. The van der Waals surface area contributed by atoms with Crippen LogP contribution in [0.3, 0.4) is 0 Å². The summed E-state index contributed by atoms with van der Waals surface area (Å²) in [6, 6.07) is 11.7. The molecule has 0 radical (unpaired) electrons. The molecule has 1 unspecified atom stereocenters. The number of hydrogen-bond acceptors (Lipinski definition) is 9. The number of hydrogen-bond donors (Lipinski definition) is 5. The van der Waals surface area contributed by atoms with Crippen molar-refractivity contribution >= 4 is 23.9 Å². The van der Waals surface area contributed by atoms with Gasteiger partial charge in [0.25, 0.3) is 0 Å². The molecule has 33 heavy (non-hydrogen) atoms. The molecule has 174 valence electrons. The van der Waals surface area contributed by atoms with Gasteiger partial charge in [-0.05, 0) is 54.5 Å². The van der Waals surface area contributed by atoms with Crippen molar-refractivity contribution in [3.63, 3.8) is 0 Å². The molecule has 1 heterocycles. The van der Waals surface area contributed by atoms with Gasteiger partial charge in [0.15, 0.2) is 5.78 Å². The summed E-state index contributed by atoms with van der Waals surface area (Å²) in [6.45, 7) is 1.43. The zero-order chi connectivity index (χ0) is 24.1. The first-order chi connectivity index (χ1) is 15.7. The van der Waals surface area contributed by atoms with Crippen LogP contribution in [0.5, 0.6) is 11.5 Å². The maximum absolute atomic E-state index is 12.9. The fraction of sp³-hybridized carbons (Fsp3) is 0.250. The molecule has 3 rings (SSSR count). The van der Waals surface area contributed by atoms with E-state index in [1.807, 2.05) is 0 Å². The molecule has 0 saturated carbocycles. The predicted octanol–water partition coefficient (Wildman–Crippen LogP) is 1.13. The van der Waals surface area contributed by atoms with Crippen molar-refractivity contribution in [2.75, 3.05) is 0 Å². The molecule has 0 bridgehead atoms. The Labute approximate surface area is 189 Å². The third-order valence-electron chi connectivity index (χ3n) is 5.04. The van der Waals surface area contributed by atoms with Gasteiger partial charge >= 0.3 is 5.97 Å². The Morgan fingerprint density at radius 3 is 1.97 bits per heavy atom. The van der Waals surface area contributed by atoms with Crippen LogP contribution in [-0.2, 0) is 19.1 Å². The lowest BCUT2D eigenvalue weighted by Crippen LogP contribution is -2.57. The minimum absolute atomic E-state index is 0.00455.